The number of hydrogen-bond donors (Lipinski definition) is 1. The van der Waals surface area contributed by atoms with E-state index in [4.69, 9.17) is 33.3 Å². The van der Waals surface area contributed by atoms with Crippen LogP contribution in [0.3, 0.4) is 0 Å². The Morgan fingerprint density at radius 2 is 2.07 bits per heavy atom. The van der Waals surface area contributed by atoms with Crippen molar-refractivity contribution in [3.63, 3.8) is 0 Å². The van der Waals surface area contributed by atoms with E-state index in [-0.39, 0.29) is 0 Å². The molecule has 0 saturated carbocycles. The first-order chi connectivity index (χ1) is 13.1. The summed E-state index contributed by atoms with van der Waals surface area (Å²) in [6, 6.07) is 13.2. The molecule has 0 fully saturated rings. The molecule has 0 aliphatic carbocycles. The van der Waals surface area contributed by atoms with Gasteiger partial charge in [-0.1, -0.05) is 36.7 Å². The van der Waals surface area contributed by atoms with E-state index in [0.29, 0.717) is 27.9 Å². The second kappa shape index (κ2) is 8.83. The van der Waals surface area contributed by atoms with Crippen LogP contribution in [0, 0.1) is 4.77 Å². The monoisotopic (exact) mass is 402 g/mol. The van der Waals surface area contributed by atoms with Gasteiger partial charge < -0.3 is 9.47 Å². The molecule has 0 amide bonds. The molecule has 0 radical (unpaired) electrons. The highest BCUT2D eigenvalue weighted by Gasteiger charge is 2.08. The summed E-state index contributed by atoms with van der Waals surface area (Å²) in [7, 11) is 1.60. The number of H-pyrrole nitrogens is 1. The van der Waals surface area contributed by atoms with Crippen LogP contribution in [0.15, 0.2) is 47.6 Å². The van der Waals surface area contributed by atoms with Gasteiger partial charge in [-0.25, -0.2) is 0 Å². The Labute approximate surface area is 167 Å². The van der Waals surface area contributed by atoms with Crippen LogP contribution in [0.25, 0.3) is 0 Å². The summed E-state index contributed by atoms with van der Waals surface area (Å²) in [4.78, 5) is 0. The Bertz CT molecular complexity index is 1010. The Hall–Kier alpha value is -2.64. The van der Waals surface area contributed by atoms with Gasteiger partial charge in [-0.3, -0.25) is 5.10 Å². The number of aryl methyl sites for hydroxylation is 1. The minimum Gasteiger partial charge on any atom is -0.493 e. The van der Waals surface area contributed by atoms with E-state index in [0.717, 1.165) is 23.4 Å². The summed E-state index contributed by atoms with van der Waals surface area (Å²) in [5.41, 5.74) is 1.76. The molecule has 0 unspecified atom stereocenters. The van der Waals surface area contributed by atoms with Gasteiger partial charge in [0.2, 0.25) is 4.77 Å². The molecular weight excluding hydrogens is 384 g/mol. The first kappa shape index (κ1) is 19.1. The lowest BCUT2D eigenvalue weighted by atomic mass is 10.2. The van der Waals surface area contributed by atoms with Gasteiger partial charge in [-0.05, 0) is 42.0 Å². The van der Waals surface area contributed by atoms with Crippen LogP contribution < -0.4 is 9.47 Å². The molecule has 140 valence electrons. The molecule has 0 spiro atoms. The summed E-state index contributed by atoms with van der Waals surface area (Å²) in [6.07, 6.45) is 2.42. The summed E-state index contributed by atoms with van der Waals surface area (Å²) in [5, 5.41) is 11.9. The quantitative estimate of drug-likeness (QED) is 0.462. The third-order valence-corrected chi connectivity index (χ3v) is 4.52. The van der Waals surface area contributed by atoms with Crippen molar-refractivity contribution in [1.82, 2.24) is 14.9 Å². The number of aromatic amines is 1. The molecule has 0 aliphatic rings. The minimum atomic E-state index is 0.355. The van der Waals surface area contributed by atoms with E-state index in [2.05, 4.69) is 15.3 Å². The molecule has 0 saturated heterocycles. The maximum absolute atomic E-state index is 6.17. The van der Waals surface area contributed by atoms with E-state index < -0.39 is 0 Å². The predicted molar refractivity (Wildman–Crippen MR) is 109 cm³/mol. The molecule has 2 aromatic carbocycles. The van der Waals surface area contributed by atoms with E-state index in [1.807, 2.05) is 49.4 Å². The smallest absolute Gasteiger partial charge is 0.216 e. The van der Waals surface area contributed by atoms with Crippen LogP contribution in [0.5, 0.6) is 11.5 Å². The van der Waals surface area contributed by atoms with Gasteiger partial charge in [-0.15, -0.1) is 0 Å². The van der Waals surface area contributed by atoms with Gasteiger partial charge in [0, 0.05) is 17.0 Å². The number of aromatic nitrogens is 3. The molecule has 1 heterocycles. The fourth-order valence-corrected chi connectivity index (χ4v) is 2.84. The normalized spacial score (nSPS) is 11.1. The highest BCUT2D eigenvalue weighted by molar-refractivity contribution is 7.71. The van der Waals surface area contributed by atoms with E-state index in [1.165, 1.54) is 0 Å². The summed E-state index contributed by atoms with van der Waals surface area (Å²) < 4.78 is 13.4. The summed E-state index contributed by atoms with van der Waals surface area (Å²) in [6.45, 7) is 2.35. The van der Waals surface area contributed by atoms with Crippen LogP contribution in [0.4, 0.5) is 0 Å². The molecule has 1 aromatic heterocycles. The first-order valence-electron chi connectivity index (χ1n) is 8.37. The SMILES string of the molecule is CCc1n[nH]c(=S)n1N=Cc1ccc(OCc2ccccc2Cl)c(OC)c1. The zero-order chi connectivity index (χ0) is 19.2. The van der Waals surface area contributed by atoms with E-state index in [1.54, 1.807) is 18.0 Å². The van der Waals surface area contributed by atoms with Crippen molar-refractivity contribution in [3.8, 4) is 11.5 Å². The van der Waals surface area contributed by atoms with E-state index in [9.17, 15) is 0 Å². The number of methoxy groups -OCH3 is 1. The molecule has 8 heteroatoms. The van der Waals surface area contributed by atoms with Gasteiger partial charge in [-0.2, -0.15) is 14.9 Å². The second-order valence-corrected chi connectivity index (χ2v) is 6.44. The molecule has 3 rings (SSSR count). The number of benzene rings is 2. The Balaban J connectivity index is 1.78. The summed E-state index contributed by atoms with van der Waals surface area (Å²) >= 11 is 11.4. The van der Waals surface area contributed by atoms with Crippen LogP contribution in [-0.2, 0) is 13.0 Å². The largest absolute Gasteiger partial charge is 0.493 e. The number of ether oxygens (including phenoxy) is 2. The lowest BCUT2D eigenvalue weighted by Crippen LogP contribution is -2.00. The van der Waals surface area contributed by atoms with E-state index >= 15 is 0 Å². The fourth-order valence-electron chi connectivity index (χ4n) is 2.45. The van der Waals surface area contributed by atoms with Crippen molar-refractivity contribution in [2.24, 2.45) is 5.10 Å². The van der Waals surface area contributed by atoms with Gasteiger partial charge >= 0.3 is 0 Å². The van der Waals surface area contributed by atoms with Gasteiger partial charge in [0.1, 0.15) is 6.61 Å². The lowest BCUT2D eigenvalue weighted by molar-refractivity contribution is 0.284. The van der Waals surface area contributed by atoms with Crippen molar-refractivity contribution in [2.75, 3.05) is 7.11 Å². The molecule has 3 aromatic rings. The van der Waals surface area contributed by atoms with Crippen molar-refractivity contribution in [3.05, 3.63) is 69.2 Å². The Kier molecular flexibility index (Phi) is 6.26. The second-order valence-electron chi connectivity index (χ2n) is 5.65. The van der Waals surface area contributed by atoms with Crippen LogP contribution >= 0.6 is 23.8 Å². The topological polar surface area (TPSA) is 64.4 Å². The minimum absolute atomic E-state index is 0.355. The molecular formula is C19H19ClN4O2S. The third-order valence-electron chi connectivity index (χ3n) is 3.88. The van der Waals surface area contributed by atoms with Crippen LogP contribution in [0.1, 0.15) is 23.9 Å². The van der Waals surface area contributed by atoms with Crippen molar-refractivity contribution in [1.29, 1.82) is 0 Å². The molecule has 0 aliphatic heterocycles. The maximum atomic E-state index is 6.17. The average Bonchev–Trinajstić information content (AvgIpc) is 3.05. The molecule has 1 N–H and O–H groups in total. The zero-order valence-corrected chi connectivity index (χ0v) is 16.5. The predicted octanol–water partition coefficient (Wildman–Crippen LogP) is 4.63. The van der Waals surface area contributed by atoms with Gasteiger partial charge in [0.05, 0.1) is 13.3 Å². The van der Waals surface area contributed by atoms with Crippen molar-refractivity contribution < 1.29 is 9.47 Å². The Morgan fingerprint density at radius 1 is 1.26 bits per heavy atom. The highest BCUT2D eigenvalue weighted by atomic mass is 35.5. The average molecular weight is 403 g/mol. The summed E-state index contributed by atoms with van der Waals surface area (Å²) in [5.74, 6) is 2.00. The fraction of sp³-hybridized carbons (Fsp3) is 0.211. The number of rotatable bonds is 7. The van der Waals surface area contributed by atoms with Gasteiger partial charge in [0.25, 0.3) is 0 Å². The third kappa shape index (κ3) is 4.56. The lowest BCUT2D eigenvalue weighted by Gasteiger charge is -2.12. The zero-order valence-electron chi connectivity index (χ0n) is 15.0. The number of nitrogens with one attached hydrogen (secondary N) is 1. The molecule has 0 atom stereocenters. The number of nitrogens with zero attached hydrogens (tertiary/aromatic N) is 3. The maximum Gasteiger partial charge on any atom is 0.216 e. The first-order valence-corrected chi connectivity index (χ1v) is 9.16. The molecule has 27 heavy (non-hydrogen) atoms. The molecule has 0 bridgehead atoms. The van der Waals surface area contributed by atoms with Crippen molar-refractivity contribution in [2.45, 2.75) is 20.0 Å². The standard InChI is InChI=1S/C19H19ClN4O2S/c1-3-18-22-23-19(27)24(18)21-11-13-8-9-16(17(10-13)25-2)26-12-14-6-4-5-7-15(14)20/h4-11H,3,12H2,1-2H3,(H,23,27). The van der Waals surface area contributed by atoms with Gasteiger partial charge in [0.15, 0.2) is 17.3 Å². The van der Waals surface area contributed by atoms with Crippen molar-refractivity contribution >= 4 is 30.0 Å². The molecule has 6 nitrogen and oxygen atoms in total. The highest BCUT2D eigenvalue weighted by Crippen LogP contribution is 2.29. The Morgan fingerprint density at radius 3 is 2.81 bits per heavy atom. The van der Waals surface area contributed by atoms with Crippen LogP contribution in [-0.4, -0.2) is 28.2 Å². The number of halogens is 1. The van der Waals surface area contributed by atoms with Crippen LogP contribution in [0.2, 0.25) is 5.02 Å². The number of hydrogen-bond acceptors (Lipinski definition) is 5.